The summed E-state index contributed by atoms with van der Waals surface area (Å²) in [4.78, 5) is 6.85. The number of hydrogen-bond donors (Lipinski definition) is 1. The van der Waals surface area contributed by atoms with Crippen molar-refractivity contribution < 1.29 is 0 Å². The van der Waals surface area contributed by atoms with Crippen LogP contribution in [-0.4, -0.2) is 17.6 Å². The third-order valence-corrected chi connectivity index (χ3v) is 4.71. The van der Waals surface area contributed by atoms with E-state index in [1.165, 1.54) is 6.42 Å². The first-order valence-corrected chi connectivity index (χ1v) is 7.47. The third-order valence-electron chi connectivity index (χ3n) is 4.71. The van der Waals surface area contributed by atoms with E-state index in [0.29, 0.717) is 17.9 Å². The molecule has 20 heavy (non-hydrogen) atoms. The van der Waals surface area contributed by atoms with Gasteiger partial charge in [-0.2, -0.15) is 0 Å². The number of fused-ring (bicyclic) bond motifs is 1. The van der Waals surface area contributed by atoms with Crippen molar-refractivity contribution in [1.29, 1.82) is 0 Å². The fourth-order valence-electron chi connectivity index (χ4n) is 3.45. The van der Waals surface area contributed by atoms with E-state index in [0.717, 1.165) is 28.8 Å². The van der Waals surface area contributed by atoms with Crippen LogP contribution in [0.2, 0.25) is 0 Å². The van der Waals surface area contributed by atoms with Crippen molar-refractivity contribution in [2.75, 3.05) is 17.2 Å². The van der Waals surface area contributed by atoms with Crippen LogP contribution in [0.1, 0.15) is 27.2 Å². The zero-order chi connectivity index (χ0) is 14.3. The minimum atomic E-state index is 0.530. The maximum absolute atomic E-state index is 6.42. The Morgan fingerprint density at radius 1 is 1.20 bits per heavy atom. The quantitative estimate of drug-likeness (QED) is 0.803. The second-order valence-electron chi connectivity index (χ2n) is 6.28. The molecule has 2 N–H and O–H groups in total. The number of aromatic nitrogens is 1. The predicted octanol–water partition coefficient (Wildman–Crippen LogP) is 3.69. The predicted molar refractivity (Wildman–Crippen MR) is 85.9 cm³/mol. The largest absolute Gasteiger partial charge is 0.396 e. The van der Waals surface area contributed by atoms with Gasteiger partial charge >= 0.3 is 0 Å². The van der Waals surface area contributed by atoms with Crippen molar-refractivity contribution in [2.24, 2.45) is 11.8 Å². The monoisotopic (exact) mass is 269 g/mol. The number of hydrogen-bond acceptors (Lipinski definition) is 3. The lowest BCUT2D eigenvalue weighted by atomic mass is 9.85. The van der Waals surface area contributed by atoms with Crippen LogP contribution in [0.5, 0.6) is 0 Å². The van der Waals surface area contributed by atoms with Crippen LogP contribution in [0.3, 0.4) is 0 Å². The number of pyridine rings is 1. The van der Waals surface area contributed by atoms with Gasteiger partial charge in [0.25, 0.3) is 0 Å². The van der Waals surface area contributed by atoms with Gasteiger partial charge in [0.15, 0.2) is 0 Å². The number of nitrogens with two attached hydrogens (primary N) is 1. The van der Waals surface area contributed by atoms with E-state index in [9.17, 15) is 0 Å². The molecule has 1 fully saturated rings. The second kappa shape index (κ2) is 4.97. The normalized spacial score (nSPS) is 26.9. The van der Waals surface area contributed by atoms with Gasteiger partial charge in [-0.1, -0.05) is 13.8 Å². The lowest BCUT2D eigenvalue weighted by molar-refractivity contribution is 0.297. The van der Waals surface area contributed by atoms with E-state index in [1.807, 2.05) is 12.3 Å². The van der Waals surface area contributed by atoms with E-state index in [2.05, 4.69) is 48.9 Å². The van der Waals surface area contributed by atoms with Crippen molar-refractivity contribution in [3.63, 3.8) is 0 Å². The minimum Gasteiger partial charge on any atom is -0.396 e. The molecule has 106 valence electrons. The SMILES string of the molecule is CC1CC(C)C(C)N(c2ccc3ncccc3c2N)C1. The first-order chi connectivity index (χ1) is 9.58. The summed E-state index contributed by atoms with van der Waals surface area (Å²) in [6, 6.07) is 8.75. The number of rotatable bonds is 1. The fraction of sp³-hybridized carbons (Fsp3) is 0.471. The van der Waals surface area contributed by atoms with Crippen molar-refractivity contribution >= 4 is 22.3 Å². The molecule has 0 aliphatic carbocycles. The average Bonchev–Trinajstić information content (AvgIpc) is 2.44. The Hall–Kier alpha value is -1.77. The molecule has 0 radical (unpaired) electrons. The molecule has 3 rings (SSSR count). The molecule has 1 aromatic carbocycles. The first kappa shape index (κ1) is 13.2. The van der Waals surface area contributed by atoms with Crippen molar-refractivity contribution in [3.05, 3.63) is 30.5 Å². The Morgan fingerprint density at radius 3 is 2.80 bits per heavy atom. The molecule has 3 unspecified atom stereocenters. The lowest BCUT2D eigenvalue weighted by Crippen LogP contribution is -2.46. The van der Waals surface area contributed by atoms with Crippen molar-refractivity contribution in [3.8, 4) is 0 Å². The van der Waals surface area contributed by atoms with E-state index in [4.69, 9.17) is 5.73 Å². The first-order valence-electron chi connectivity index (χ1n) is 7.47. The molecule has 0 saturated carbocycles. The highest BCUT2D eigenvalue weighted by atomic mass is 15.2. The van der Waals surface area contributed by atoms with Gasteiger partial charge in [-0.3, -0.25) is 4.98 Å². The summed E-state index contributed by atoms with van der Waals surface area (Å²) < 4.78 is 0. The summed E-state index contributed by atoms with van der Waals surface area (Å²) in [5.41, 5.74) is 9.42. The van der Waals surface area contributed by atoms with Gasteiger partial charge in [0.1, 0.15) is 0 Å². The van der Waals surface area contributed by atoms with Gasteiger partial charge in [-0.05, 0) is 49.4 Å². The number of anilines is 2. The summed E-state index contributed by atoms with van der Waals surface area (Å²) in [5.74, 6) is 1.41. The molecule has 0 spiro atoms. The van der Waals surface area contributed by atoms with Gasteiger partial charge < -0.3 is 10.6 Å². The molecule has 3 heteroatoms. The van der Waals surface area contributed by atoms with Crippen LogP contribution >= 0.6 is 0 Å². The van der Waals surface area contributed by atoms with Crippen LogP contribution in [0.25, 0.3) is 10.9 Å². The third kappa shape index (κ3) is 2.11. The molecule has 2 heterocycles. The Bertz CT molecular complexity index is 623. The van der Waals surface area contributed by atoms with Gasteiger partial charge in [0.2, 0.25) is 0 Å². The molecule has 0 amide bonds. The average molecular weight is 269 g/mol. The topological polar surface area (TPSA) is 42.2 Å². The highest BCUT2D eigenvalue weighted by Gasteiger charge is 2.30. The smallest absolute Gasteiger partial charge is 0.0724 e. The van der Waals surface area contributed by atoms with Crippen LogP contribution in [0.4, 0.5) is 11.4 Å². The van der Waals surface area contributed by atoms with Crippen LogP contribution in [-0.2, 0) is 0 Å². The fourth-order valence-corrected chi connectivity index (χ4v) is 3.45. The van der Waals surface area contributed by atoms with Gasteiger partial charge in [0, 0.05) is 24.2 Å². The van der Waals surface area contributed by atoms with Crippen LogP contribution in [0.15, 0.2) is 30.5 Å². The molecular formula is C17H23N3. The minimum absolute atomic E-state index is 0.530. The Balaban J connectivity index is 2.07. The van der Waals surface area contributed by atoms with Gasteiger partial charge in [0.05, 0.1) is 16.9 Å². The summed E-state index contributed by atoms with van der Waals surface area (Å²) >= 11 is 0. The zero-order valence-corrected chi connectivity index (χ0v) is 12.5. The number of piperidine rings is 1. The molecule has 0 bridgehead atoms. The van der Waals surface area contributed by atoms with E-state index in [-0.39, 0.29) is 0 Å². The molecule has 3 nitrogen and oxygen atoms in total. The van der Waals surface area contributed by atoms with E-state index < -0.39 is 0 Å². The van der Waals surface area contributed by atoms with Crippen molar-refractivity contribution in [2.45, 2.75) is 33.2 Å². The Morgan fingerprint density at radius 2 is 2.00 bits per heavy atom. The lowest BCUT2D eigenvalue weighted by Gasteiger charge is -2.43. The van der Waals surface area contributed by atoms with Crippen LogP contribution in [0, 0.1) is 11.8 Å². The molecule has 3 atom stereocenters. The maximum Gasteiger partial charge on any atom is 0.0724 e. The summed E-state index contributed by atoms with van der Waals surface area (Å²) in [6.07, 6.45) is 3.11. The molecule has 2 aromatic rings. The summed E-state index contributed by atoms with van der Waals surface area (Å²) in [5, 5.41) is 1.06. The molecule has 1 saturated heterocycles. The van der Waals surface area contributed by atoms with Crippen molar-refractivity contribution in [1.82, 2.24) is 4.98 Å². The van der Waals surface area contributed by atoms with Gasteiger partial charge in [-0.25, -0.2) is 0 Å². The number of nitrogen functional groups attached to an aromatic ring is 1. The van der Waals surface area contributed by atoms with E-state index in [1.54, 1.807) is 0 Å². The highest BCUT2D eigenvalue weighted by molar-refractivity contribution is 5.97. The molecule has 1 aliphatic heterocycles. The summed E-state index contributed by atoms with van der Waals surface area (Å²) in [7, 11) is 0. The Labute approximate surface area is 120 Å². The molecule has 1 aliphatic rings. The zero-order valence-electron chi connectivity index (χ0n) is 12.5. The highest BCUT2D eigenvalue weighted by Crippen LogP contribution is 2.37. The number of nitrogens with zero attached hydrogens (tertiary/aromatic N) is 2. The van der Waals surface area contributed by atoms with Gasteiger partial charge in [-0.15, -0.1) is 0 Å². The standard InChI is InChI=1S/C17H23N3/c1-11-9-12(2)13(3)20(10-11)16-7-6-15-14(17(16)18)5-4-8-19-15/h4-8,11-13H,9-10,18H2,1-3H3. The molecular weight excluding hydrogens is 246 g/mol. The molecule has 1 aromatic heterocycles. The maximum atomic E-state index is 6.42. The van der Waals surface area contributed by atoms with E-state index >= 15 is 0 Å². The number of benzene rings is 1. The van der Waals surface area contributed by atoms with Crippen LogP contribution < -0.4 is 10.6 Å². The summed E-state index contributed by atoms with van der Waals surface area (Å²) in [6.45, 7) is 8.06. The second-order valence-corrected chi connectivity index (χ2v) is 6.28. The Kier molecular flexibility index (Phi) is 3.28.